The van der Waals surface area contributed by atoms with E-state index < -0.39 is 14.9 Å². The lowest BCUT2D eigenvalue weighted by molar-refractivity contribution is -0.387. The minimum atomic E-state index is -3.81. The second kappa shape index (κ2) is 3.74. The number of hydrogen-bond donors (Lipinski definition) is 0. The van der Waals surface area contributed by atoms with Crippen molar-refractivity contribution in [1.82, 2.24) is 4.31 Å². The van der Waals surface area contributed by atoms with Gasteiger partial charge in [0.2, 0.25) is 10.0 Å². The van der Waals surface area contributed by atoms with Crippen molar-refractivity contribution < 1.29 is 18.1 Å². The number of para-hydroxylation sites is 1. The van der Waals surface area contributed by atoms with E-state index in [-0.39, 0.29) is 35.9 Å². The summed E-state index contributed by atoms with van der Waals surface area (Å²) < 4.78 is 31.0. The van der Waals surface area contributed by atoms with Gasteiger partial charge in [0, 0.05) is 19.2 Å². The van der Waals surface area contributed by atoms with Crippen LogP contribution in [0.3, 0.4) is 0 Å². The molecule has 0 amide bonds. The van der Waals surface area contributed by atoms with Gasteiger partial charge in [-0.25, -0.2) is 8.42 Å². The number of epoxide rings is 1. The SMILES string of the molecule is O=[N+]([O-])c1ccccc1S(=O)(=O)N1C[C@@H]2O[C@@H]2C1. The summed E-state index contributed by atoms with van der Waals surface area (Å²) in [5.74, 6) is 0. The van der Waals surface area contributed by atoms with Gasteiger partial charge in [-0.3, -0.25) is 10.1 Å². The van der Waals surface area contributed by atoms with Gasteiger partial charge in [-0.15, -0.1) is 0 Å². The average Bonchev–Trinajstić information content (AvgIpc) is 2.96. The maximum Gasteiger partial charge on any atom is 0.289 e. The maximum absolute atomic E-state index is 12.3. The first kappa shape index (κ1) is 11.6. The van der Waals surface area contributed by atoms with Gasteiger partial charge in [-0.1, -0.05) is 12.1 Å². The zero-order chi connectivity index (χ0) is 12.9. The summed E-state index contributed by atoms with van der Waals surface area (Å²) in [5, 5.41) is 10.9. The van der Waals surface area contributed by atoms with Crippen LogP contribution in [0.15, 0.2) is 29.2 Å². The first-order valence-electron chi connectivity index (χ1n) is 5.39. The summed E-state index contributed by atoms with van der Waals surface area (Å²) in [7, 11) is -3.81. The molecule has 0 aromatic heterocycles. The van der Waals surface area contributed by atoms with Crippen LogP contribution in [-0.2, 0) is 14.8 Å². The second-order valence-corrected chi connectivity index (χ2v) is 6.17. The zero-order valence-electron chi connectivity index (χ0n) is 9.22. The molecule has 7 nitrogen and oxygen atoms in total. The number of sulfonamides is 1. The highest BCUT2D eigenvalue weighted by atomic mass is 32.2. The van der Waals surface area contributed by atoms with E-state index in [2.05, 4.69) is 0 Å². The Balaban J connectivity index is 2.01. The molecular weight excluding hydrogens is 260 g/mol. The normalized spacial score (nSPS) is 26.9. The summed E-state index contributed by atoms with van der Waals surface area (Å²) >= 11 is 0. The van der Waals surface area contributed by atoms with Crippen molar-refractivity contribution >= 4 is 15.7 Å². The molecule has 8 heteroatoms. The smallest absolute Gasteiger partial charge is 0.289 e. The molecule has 2 saturated heterocycles. The zero-order valence-corrected chi connectivity index (χ0v) is 10.0. The number of ether oxygens (including phenoxy) is 1. The third-order valence-electron chi connectivity index (χ3n) is 3.13. The standard InChI is InChI=1S/C10H10N2O5S/c13-12(14)7-3-1-2-4-10(7)18(15,16)11-5-8-9(6-11)17-8/h1-4,8-9H,5-6H2/t8-,9+. The van der Waals surface area contributed by atoms with E-state index in [0.29, 0.717) is 0 Å². The summed E-state index contributed by atoms with van der Waals surface area (Å²) in [4.78, 5) is 9.92. The number of nitro benzene ring substituents is 1. The van der Waals surface area contributed by atoms with Crippen molar-refractivity contribution in [1.29, 1.82) is 0 Å². The van der Waals surface area contributed by atoms with Gasteiger partial charge >= 0.3 is 0 Å². The van der Waals surface area contributed by atoms with Crippen LogP contribution in [0.25, 0.3) is 0 Å². The fourth-order valence-corrected chi connectivity index (χ4v) is 3.76. The molecule has 96 valence electrons. The highest BCUT2D eigenvalue weighted by molar-refractivity contribution is 7.89. The van der Waals surface area contributed by atoms with Crippen molar-refractivity contribution in [2.75, 3.05) is 13.1 Å². The van der Waals surface area contributed by atoms with Gasteiger partial charge in [0.25, 0.3) is 5.69 Å². The van der Waals surface area contributed by atoms with Crippen molar-refractivity contribution in [3.63, 3.8) is 0 Å². The van der Waals surface area contributed by atoms with Crippen LogP contribution in [0.4, 0.5) is 5.69 Å². The molecule has 0 saturated carbocycles. The van der Waals surface area contributed by atoms with Crippen LogP contribution in [0, 0.1) is 10.1 Å². The molecule has 0 radical (unpaired) electrons. The van der Waals surface area contributed by atoms with Gasteiger partial charge < -0.3 is 4.74 Å². The predicted octanol–water partition coefficient (Wildman–Crippen LogP) is 0.367. The van der Waals surface area contributed by atoms with Crippen LogP contribution in [0.1, 0.15) is 0 Å². The molecular formula is C10H10N2O5S. The molecule has 2 fully saturated rings. The van der Waals surface area contributed by atoms with Crippen LogP contribution in [0.5, 0.6) is 0 Å². The van der Waals surface area contributed by atoms with Crippen molar-refractivity contribution in [2.24, 2.45) is 0 Å². The van der Waals surface area contributed by atoms with E-state index in [1.54, 1.807) is 0 Å². The van der Waals surface area contributed by atoms with E-state index in [9.17, 15) is 18.5 Å². The Labute approximate surface area is 103 Å². The summed E-state index contributed by atoms with van der Waals surface area (Å²) in [5.41, 5.74) is -0.390. The summed E-state index contributed by atoms with van der Waals surface area (Å²) in [6.45, 7) is 0.554. The highest BCUT2D eigenvalue weighted by Crippen LogP contribution is 2.35. The van der Waals surface area contributed by atoms with Gasteiger partial charge in [-0.05, 0) is 6.07 Å². The van der Waals surface area contributed by atoms with Crippen LogP contribution >= 0.6 is 0 Å². The molecule has 3 rings (SSSR count). The quantitative estimate of drug-likeness (QED) is 0.449. The molecule has 0 spiro atoms. The molecule has 2 heterocycles. The highest BCUT2D eigenvalue weighted by Gasteiger charge is 2.51. The first-order chi connectivity index (χ1) is 8.50. The van der Waals surface area contributed by atoms with Crippen LogP contribution in [0.2, 0.25) is 0 Å². The Bertz CT molecular complexity index is 604. The molecule has 2 atom stereocenters. The fraction of sp³-hybridized carbons (Fsp3) is 0.400. The molecule has 0 aliphatic carbocycles. The third-order valence-corrected chi connectivity index (χ3v) is 5.01. The van der Waals surface area contributed by atoms with E-state index in [1.165, 1.54) is 28.6 Å². The number of fused-ring (bicyclic) bond motifs is 1. The lowest BCUT2D eigenvalue weighted by Crippen LogP contribution is -2.32. The first-order valence-corrected chi connectivity index (χ1v) is 6.83. The Kier molecular flexibility index (Phi) is 2.40. The molecule has 0 bridgehead atoms. The second-order valence-electron chi connectivity index (χ2n) is 4.26. The van der Waals surface area contributed by atoms with E-state index in [4.69, 9.17) is 4.74 Å². The third kappa shape index (κ3) is 1.69. The van der Waals surface area contributed by atoms with Crippen molar-refractivity contribution in [3.05, 3.63) is 34.4 Å². The molecule has 0 unspecified atom stereocenters. The lowest BCUT2D eigenvalue weighted by atomic mass is 10.3. The number of nitrogens with zero attached hydrogens (tertiary/aromatic N) is 2. The minimum Gasteiger partial charge on any atom is -0.367 e. The van der Waals surface area contributed by atoms with Gasteiger partial charge in [-0.2, -0.15) is 4.31 Å². The Morgan fingerprint density at radius 2 is 1.89 bits per heavy atom. The Morgan fingerprint density at radius 1 is 1.28 bits per heavy atom. The summed E-state index contributed by atoms with van der Waals surface area (Å²) in [6.07, 6.45) is -0.0786. The molecule has 2 aliphatic rings. The summed E-state index contributed by atoms with van der Waals surface area (Å²) in [6, 6.07) is 5.38. The lowest BCUT2D eigenvalue weighted by Gasteiger charge is -2.17. The van der Waals surface area contributed by atoms with E-state index in [1.807, 2.05) is 0 Å². The maximum atomic E-state index is 12.3. The Morgan fingerprint density at radius 3 is 2.50 bits per heavy atom. The molecule has 2 aliphatic heterocycles. The fourth-order valence-electron chi connectivity index (χ4n) is 2.14. The van der Waals surface area contributed by atoms with E-state index in [0.717, 1.165) is 0 Å². The number of hydrogen-bond acceptors (Lipinski definition) is 5. The van der Waals surface area contributed by atoms with Crippen LogP contribution < -0.4 is 0 Å². The molecule has 1 aromatic rings. The minimum absolute atomic E-state index is 0.0393. The van der Waals surface area contributed by atoms with Crippen molar-refractivity contribution in [3.8, 4) is 0 Å². The molecule has 18 heavy (non-hydrogen) atoms. The number of nitro groups is 1. The number of rotatable bonds is 3. The van der Waals surface area contributed by atoms with Gasteiger partial charge in [0.1, 0.15) is 0 Å². The average molecular weight is 270 g/mol. The molecule has 0 N–H and O–H groups in total. The van der Waals surface area contributed by atoms with E-state index >= 15 is 0 Å². The van der Waals surface area contributed by atoms with Crippen molar-refractivity contribution in [2.45, 2.75) is 17.1 Å². The molecule has 1 aromatic carbocycles. The number of morpholine rings is 1. The monoisotopic (exact) mass is 270 g/mol. The largest absolute Gasteiger partial charge is 0.367 e. The topological polar surface area (TPSA) is 93.0 Å². The van der Waals surface area contributed by atoms with Gasteiger partial charge in [0.05, 0.1) is 17.1 Å². The van der Waals surface area contributed by atoms with Crippen LogP contribution in [-0.4, -0.2) is 42.9 Å². The predicted molar refractivity (Wildman–Crippen MR) is 60.5 cm³/mol. The van der Waals surface area contributed by atoms with Gasteiger partial charge in [0.15, 0.2) is 4.90 Å². The Hall–Kier alpha value is -1.51. The number of benzene rings is 1.